The Labute approximate surface area is 253 Å². The van der Waals surface area contributed by atoms with Gasteiger partial charge < -0.3 is 10.2 Å². The van der Waals surface area contributed by atoms with Crippen molar-refractivity contribution in [3.8, 4) is 0 Å². The molecule has 0 fully saturated rings. The van der Waals surface area contributed by atoms with Crippen molar-refractivity contribution in [2.75, 3.05) is 13.1 Å². The number of hydrogen-bond acceptors (Lipinski definition) is 4. The maximum atomic E-state index is 10.7. The molecule has 0 amide bonds. The van der Waals surface area contributed by atoms with E-state index in [0.29, 0.717) is 38.8 Å². The minimum absolute atomic E-state index is 0. The van der Waals surface area contributed by atoms with Gasteiger partial charge in [-0.05, 0) is 34.4 Å². The largest absolute Gasteiger partial charge is 2.00 e. The van der Waals surface area contributed by atoms with E-state index in [1.807, 2.05) is 97.1 Å². The summed E-state index contributed by atoms with van der Waals surface area (Å²) in [6, 6.07) is 40.1. The molecule has 0 heterocycles. The number of hydrogen-bond donors (Lipinski definition) is 2. The number of rotatable bonds is 13. The topological polar surface area (TPSA) is 65.2 Å². The van der Waals surface area contributed by atoms with Crippen molar-refractivity contribution in [1.82, 2.24) is 0 Å². The minimum Gasteiger partial charge on any atom is -0.512 e. The first kappa shape index (κ1) is 31.3. The van der Waals surface area contributed by atoms with Crippen molar-refractivity contribution >= 4 is 11.4 Å². The van der Waals surface area contributed by atoms with Gasteiger partial charge in [0.15, 0.2) is 0 Å². The average Bonchev–Trinajstić information content (AvgIpc) is 2.97. The third-order valence-corrected chi connectivity index (χ3v) is 6.31. The van der Waals surface area contributed by atoms with E-state index in [1.165, 1.54) is 0 Å². The van der Waals surface area contributed by atoms with Crippen LogP contribution in [0.1, 0.15) is 22.3 Å². The molecule has 4 nitrogen and oxygen atoms in total. The number of benzene rings is 4. The fraction of sp³-hybridized carbons (Fsp3) is 0.167. The summed E-state index contributed by atoms with van der Waals surface area (Å²) in [4.78, 5) is 9.63. The van der Waals surface area contributed by atoms with Gasteiger partial charge in [0.25, 0.3) is 0 Å². The minimum atomic E-state index is 0. The van der Waals surface area contributed by atoms with Crippen molar-refractivity contribution in [2.24, 2.45) is 9.98 Å². The van der Waals surface area contributed by atoms with Crippen molar-refractivity contribution in [1.29, 1.82) is 0 Å². The summed E-state index contributed by atoms with van der Waals surface area (Å²) in [6.07, 6.45) is 5.72. The number of nitrogens with zero attached hydrogens (tertiary/aromatic N) is 2. The smallest absolute Gasteiger partial charge is 0.512 e. The van der Waals surface area contributed by atoms with Crippen LogP contribution < -0.4 is 0 Å². The predicted octanol–water partition coefficient (Wildman–Crippen LogP) is 7.72. The molecule has 2 N–H and O–H groups in total. The van der Waals surface area contributed by atoms with Crippen LogP contribution in [0.3, 0.4) is 0 Å². The van der Waals surface area contributed by atoms with Crippen LogP contribution in [-0.2, 0) is 42.2 Å². The Morgan fingerprint density at radius 2 is 0.707 bits per heavy atom. The first-order chi connectivity index (χ1) is 19.6. The molecular weight excluding hydrogens is 551 g/mol. The van der Waals surface area contributed by atoms with Gasteiger partial charge in [-0.1, -0.05) is 121 Å². The normalized spacial score (nSPS) is 12.6. The van der Waals surface area contributed by atoms with Gasteiger partial charge in [-0.25, -0.2) is 0 Å². The van der Waals surface area contributed by atoms with Crippen LogP contribution in [-0.4, -0.2) is 34.7 Å². The predicted molar refractivity (Wildman–Crippen MR) is 167 cm³/mol. The average molecular weight is 587 g/mol. The zero-order valence-electron chi connectivity index (χ0n) is 23.0. The molecule has 0 spiro atoms. The summed E-state index contributed by atoms with van der Waals surface area (Å²) in [7, 11) is 0. The van der Waals surface area contributed by atoms with E-state index in [-0.39, 0.29) is 28.0 Å². The van der Waals surface area contributed by atoms with Gasteiger partial charge in [0, 0.05) is 37.1 Å². The number of aliphatic hydroxyl groups is 2. The quantitative estimate of drug-likeness (QED) is 0.0728. The van der Waals surface area contributed by atoms with Gasteiger partial charge in [-0.2, -0.15) is 0 Å². The molecule has 0 atom stereocenters. The Balaban J connectivity index is 0.00000462. The standard InChI is InChI=1S/C36H36N2O2.Ni/c39-35(25-31-17-9-3-10-18-31)27-33(23-29-13-5-1-6-14-29)37-21-22-38-34(24-30-15-7-2-8-16-30)28-36(40)26-32-19-11-4-12-20-32;/h1-20,27-28,39-40H,21-26H2;/q;+2/b35-27-,36-28-,37-33?,38-34?;. The summed E-state index contributed by atoms with van der Waals surface area (Å²) in [5.74, 6) is 0.561. The van der Waals surface area contributed by atoms with E-state index in [9.17, 15) is 10.2 Å². The van der Waals surface area contributed by atoms with Crippen LogP contribution in [0.15, 0.2) is 155 Å². The first-order valence-electron chi connectivity index (χ1n) is 13.7. The van der Waals surface area contributed by atoms with Crippen LogP contribution in [0.4, 0.5) is 0 Å². The zero-order valence-corrected chi connectivity index (χ0v) is 24.0. The molecule has 4 aromatic rings. The molecular formula is C36H36N2NiO2+2. The summed E-state index contributed by atoms with van der Waals surface area (Å²) in [5.41, 5.74) is 5.98. The van der Waals surface area contributed by atoms with Gasteiger partial charge in [0.1, 0.15) is 0 Å². The second-order valence-corrected chi connectivity index (χ2v) is 9.67. The molecule has 0 unspecified atom stereocenters. The first-order valence-corrected chi connectivity index (χ1v) is 13.7. The summed E-state index contributed by atoms with van der Waals surface area (Å²) in [5, 5.41) is 21.4. The van der Waals surface area contributed by atoms with Gasteiger partial charge in [0.2, 0.25) is 0 Å². The summed E-state index contributed by atoms with van der Waals surface area (Å²) in [6.45, 7) is 0.950. The summed E-state index contributed by atoms with van der Waals surface area (Å²) >= 11 is 0. The molecule has 41 heavy (non-hydrogen) atoms. The van der Waals surface area contributed by atoms with E-state index < -0.39 is 0 Å². The number of aliphatic hydroxyl groups excluding tert-OH is 2. The third-order valence-electron chi connectivity index (χ3n) is 6.31. The maximum absolute atomic E-state index is 10.7. The molecule has 0 radical (unpaired) electrons. The fourth-order valence-corrected chi connectivity index (χ4v) is 4.40. The molecule has 0 saturated carbocycles. The molecule has 210 valence electrons. The SMILES string of the molecule is O/C(=C\C(Cc1ccccc1)=NCCN=C(/C=C(\O)Cc1ccccc1)Cc1ccccc1)Cc1ccccc1.[Ni+2]. The molecule has 0 aliphatic heterocycles. The van der Waals surface area contributed by atoms with Crippen LogP contribution in [0.25, 0.3) is 0 Å². The van der Waals surface area contributed by atoms with Crippen LogP contribution in [0.5, 0.6) is 0 Å². The maximum Gasteiger partial charge on any atom is 2.00 e. The Hall–Kier alpha value is -4.21. The molecule has 0 bridgehead atoms. The number of aliphatic imine (C=N–C) groups is 2. The van der Waals surface area contributed by atoms with Crippen LogP contribution >= 0.6 is 0 Å². The Morgan fingerprint density at radius 3 is 1.00 bits per heavy atom. The van der Waals surface area contributed by atoms with Gasteiger partial charge in [-0.15, -0.1) is 0 Å². The Bertz CT molecular complexity index is 1320. The van der Waals surface area contributed by atoms with Gasteiger partial charge in [-0.3, -0.25) is 9.98 Å². The molecule has 4 rings (SSSR count). The molecule has 0 aromatic heterocycles. The Kier molecular flexibility index (Phi) is 13.4. The van der Waals surface area contributed by atoms with Gasteiger partial charge >= 0.3 is 16.5 Å². The van der Waals surface area contributed by atoms with Crippen molar-refractivity contribution in [3.63, 3.8) is 0 Å². The third kappa shape index (κ3) is 11.8. The van der Waals surface area contributed by atoms with Crippen LogP contribution in [0, 0.1) is 0 Å². The summed E-state index contributed by atoms with van der Waals surface area (Å²) < 4.78 is 0. The molecule has 4 aromatic carbocycles. The van der Waals surface area contributed by atoms with Crippen molar-refractivity contribution in [3.05, 3.63) is 167 Å². The van der Waals surface area contributed by atoms with E-state index in [0.717, 1.165) is 33.7 Å². The van der Waals surface area contributed by atoms with E-state index >= 15 is 0 Å². The number of allylic oxidation sites excluding steroid dienone is 4. The van der Waals surface area contributed by atoms with Crippen molar-refractivity contribution < 1.29 is 26.7 Å². The second-order valence-electron chi connectivity index (χ2n) is 9.67. The second kappa shape index (κ2) is 17.5. The van der Waals surface area contributed by atoms with E-state index in [2.05, 4.69) is 24.3 Å². The monoisotopic (exact) mass is 586 g/mol. The molecule has 5 heteroatoms. The fourth-order valence-electron chi connectivity index (χ4n) is 4.40. The molecule has 0 aliphatic carbocycles. The molecule has 0 aliphatic rings. The van der Waals surface area contributed by atoms with Crippen LogP contribution in [0.2, 0.25) is 0 Å². The van der Waals surface area contributed by atoms with Crippen molar-refractivity contribution in [2.45, 2.75) is 25.7 Å². The van der Waals surface area contributed by atoms with E-state index in [4.69, 9.17) is 9.98 Å². The van der Waals surface area contributed by atoms with Gasteiger partial charge in [0.05, 0.1) is 24.6 Å². The molecule has 0 saturated heterocycles. The van der Waals surface area contributed by atoms with E-state index in [1.54, 1.807) is 12.2 Å². The Morgan fingerprint density at radius 1 is 0.439 bits per heavy atom. The zero-order chi connectivity index (χ0) is 27.8.